The van der Waals surface area contributed by atoms with Crippen molar-refractivity contribution in [3.05, 3.63) is 48.0 Å². The molecule has 0 aliphatic rings. The first-order valence-electron chi connectivity index (χ1n) is 9.72. The van der Waals surface area contributed by atoms with Gasteiger partial charge in [-0.15, -0.1) is 0 Å². The predicted molar refractivity (Wildman–Crippen MR) is 117 cm³/mol. The number of likely N-dealkylation sites (N-methyl/N-ethyl adjacent to an activating group) is 1. The van der Waals surface area contributed by atoms with Crippen molar-refractivity contribution >= 4 is 21.6 Å². The largest absolute Gasteiger partial charge is 0.493 e. The smallest absolute Gasteiger partial charge is 0.255 e. The van der Waals surface area contributed by atoms with Crippen LogP contribution in [0.25, 0.3) is 0 Å². The maximum atomic E-state index is 12.5. The molecule has 164 valence electrons. The van der Waals surface area contributed by atoms with Gasteiger partial charge in [-0.05, 0) is 56.5 Å². The lowest BCUT2D eigenvalue weighted by Crippen LogP contribution is -2.28. The van der Waals surface area contributed by atoms with Crippen molar-refractivity contribution in [2.24, 2.45) is 0 Å². The zero-order valence-electron chi connectivity index (χ0n) is 17.8. The fourth-order valence-corrected chi connectivity index (χ4v) is 3.53. The first-order valence-corrected chi connectivity index (χ1v) is 11.2. The Morgan fingerprint density at radius 2 is 1.70 bits per heavy atom. The number of rotatable bonds is 11. The highest BCUT2D eigenvalue weighted by Gasteiger charge is 2.14. The molecule has 0 heterocycles. The highest BCUT2D eigenvalue weighted by molar-refractivity contribution is 7.89. The van der Waals surface area contributed by atoms with E-state index in [0.29, 0.717) is 29.4 Å². The van der Waals surface area contributed by atoms with Gasteiger partial charge in [-0.25, -0.2) is 13.1 Å². The normalized spacial score (nSPS) is 11.4. The molecule has 0 saturated heterocycles. The molecule has 0 bridgehead atoms. The van der Waals surface area contributed by atoms with Crippen LogP contribution in [0.5, 0.6) is 11.5 Å². The van der Waals surface area contributed by atoms with Crippen molar-refractivity contribution < 1.29 is 22.7 Å². The van der Waals surface area contributed by atoms with Gasteiger partial charge >= 0.3 is 0 Å². The minimum absolute atomic E-state index is 0.0925. The quantitative estimate of drug-likeness (QED) is 0.563. The van der Waals surface area contributed by atoms with Gasteiger partial charge in [0.15, 0.2) is 11.5 Å². The van der Waals surface area contributed by atoms with Gasteiger partial charge < -0.3 is 19.7 Å². The third-order valence-corrected chi connectivity index (χ3v) is 6.11. The van der Waals surface area contributed by atoms with Gasteiger partial charge in [-0.1, -0.05) is 13.8 Å². The monoisotopic (exact) mass is 435 g/mol. The van der Waals surface area contributed by atoms with Crippen molar-refractivity contribution in [2.75, 3.05) is 45.7 Å². The average molecular weight is 436 g/mol. The number of nitrogens with one attached hydrogen (secondary N) is 2. The fourth-order valence-electron chi connectivity index (χ4n) is 2.80. The third-order valence-electron chi connectivity index (χ3n) is 4.68. The highest BCUT2D eigenvalue weighted by Crippen LogP contribution is 2.30. The van der Waals surface area contributed by atoms with Gasteiger partial charge in [-0.2, -0.15) is 0 Å². The molecule has 0 unspecified atom stereocenters. The van der Waals surface area contributed by atoms with Crippen molar-refractivity contribution in [3.8, 4) is 11.5 Å². The molecule has 0 radical (unpaired) electrons. The standard InChI is InChI=1S/C21H29N3O5S/c1-5-24(6-2)13-14-29-20-15-17(9-12-19(20)28-4)23-21(25)16-7-10-18(11-8-16)30(26,27)22-3/h7-12,15,22H,5-6,13-14H2,1-4H3,(H,23,25). The molecule has 0 fully saturated rings. The minimum Gasteiger partial charge on any atom is -0.493 e. The highest BCUT2D eigenvalue weighted by atomic mass is 32.2. The Morgan fingerprint density at radius 1 is 1.03 bits per heavy atom. The number of carbonyl (C=O) groups excluding carboxylic acids is 1. The summed E-state index contributed by atoms with van der Waals surface area (Å²) in [7, 11) is -0.652. The van der Waals surface area contributed by atoms with E-state index in [0.717, 1.165) is 19.6 Å². The molecule has 0 saturated carbocycles. The molecule has 0 aromatic heterocycles. The van der Waals surface area contributed by atoms with Crippen LogP contribution in [0.15, 0.2) is 47.4 Å². The summed E-state index contributed by atoms with van der Waals surface area (Å²) >= 11 is 0. The van der Waals surface area contributed by atoms with Gasteiger partial charge in [0.1, 0.15) is 6.61 Å². The number of hydrogen-bond donors (Lipinski definition) is 2. The molecular weight excluding hydrogens is 406 g/mol. The first kappa shape index (κ1) is 23.7. The van der Waals surface area contributed by atoms with Crippen molar-refractivity contribution in [1.82, 2.24) is 9.62 Å². The number of amides is 1. The number of hydrogen-bond acceptors (Lipinski definition) is 6. The maximum absolute atomic E-state index is 12.5. The molecule has 2 aromatic rings. The number of sulfonamides is 1. The Morgan fingerprint density at radius 3 is 2.27 bits per heavy atom. The number of carbonyl (C=O) groups is 1. The average Bonchev–Trinajstić information content (AvgIpc) is 2.77. The Labute approximate surface area is 178 Å². The minimum atomic E-state index is -3.55. The van der Waals surface area contributed by atoms with E-state index in [4.69, 9.17) is 9.47 Å². The molecule has 0 atom stereocenters. The molecule has 0 aliphatic heterocycles. The van der Waals surface area contributed by atoms with E-state index in [1.54, 1.807) is 25.3 Å². The topological polar surface area (TPSA) is 97.0 Å². The second kappa shape index (κ2) is 11.0. The Balaban J connectivity index is 2.09. The summed E-state index contributed by atoms with van der Waals surface area (Å²) in [6.45, 7) is 7.37. The van der Waals surface area contributed by atoms with Crippen LogP contribution in [0, 0.1) is 0 Å². The van der Waals surface area contributed by atoms with Crippen LogP contribution in [0.1, 0.15) is 24.2 Å². The van der Waals surface area contributed by atoms with E-state index in [9.17, 15) is 13.2 Å². The molecule has 8 nitrogen and oxygen atoms in total. The number of anilines is 1. The van der Waals surface area contributed by atoms with E-state index >= 15 is 0 Å². The van der Waals surface area contributed by atoms with Crippen LogP contribution in [0.4, 0.5) is 5.69 Å². The van der Waals surface area contributed by atoms with Crippen LogP contribution >= 0.6 is 0 Å². The molecule has 9 heteroatoms. The maximum Gasteiger partial charge on any atom is 0.255 e. The molecule has 0 spiro atoms. The molecule has 2 aromatic carbocycles. The van der Waals surface area contributed by atoms with Crippen molar-refractivity contribution in [1.29, 1.82) is 0 Å². The van der Waals surface area contributed by atoms with Gasteiger partial charge in [-0.3, -0.25) is 4.79 Å². The van der Waals surface area contributed by atoms with Gasteiger partial charge in [0, 0.05) is 23.9 Å². The lowest BCUT2D eigenvalue weighted by atomic mass is 10.2. The number of ether oxygens (including phenoxy) is 2. The third kappa shape index (κ3) is 6.19. The van der Waals surface area contributed by atoms with Crippen molar-refractivity contribution in [3.63, 3.8) is 0 Å². The Hall–Kier alpha value is -2.62. The van der Waals surface area contributed by atoms with Crippen LogP contribution < -0.4 is 19.5 Å². The molecule has 30 heavy (non-hydrogen) atoms. The van der Waals surface area contributed by atoms with Crippen LogP contribution in [-0.4, -0.2) is 59.6 Å². The molecule has 1 amide bonds. The molecule has 2 rings (SSSR count). The fraction of sp³-hybridized carbons (Fsp3) is 0.381. The zero-order valence-corrected chi connectivity index (χ0v) is 18.6. The summed E-state index contributed by atoms with van der Waals surface area (Å²) in [6.07, 6.45) is 0. The lowest BCUT2D eigenvalue weighted by molar-refractivity contribution is 0.102. The van der Waals surface area contributed by atoms with Crippen LogP contribution in [-0.2, 0) is 10.0 Å². The van der Waals surface area contributed by atoms with Gasteiger partial charge in [0.25, 0.3) is 5.91 Å². The molecule has 2 N–H and O–H groups in total. The Kier molecular flexibility index (Phi) is 8.64. The van der Waals surface area contributed by atoms with Crippen LogP contribution in [0.3, 0.4) is 0 Å². The molecular formula is C21H29N3O5S. The van der Waals surface area contributed by atoms with Crippen LogP contribution in [0.2, 0.25) is 0 Å². The summed E-state index contributed by atoms with van der Waals surface area (Å²) < 4.78 is 37.0. The second-order valence-corrected chi connectivity index (χ2v) is 8.31. The Bertz CT molecular complexity index is 942. The SMILES string of the molecule is CCN(CC)CCOc1cc(NC(=O)c2ccc(S(=O)(=O)NC)cc2)ccc1OC. The summed E-state index contributed by atoms with van der Waals surface area (Å²) in [5.74, 6) is 0.759. The first-order chi connectivity index (χ1) is 14.3. The van der Waals surface area contributed by atoms with E-state index in [1.807, 2.05) is 0 Å². The summed E-state index contributed by atoms with van der Waals surface area (Å²) in [6, 6.07) is 10.8. The van der Waals surface area contributed by atoms with E-state index in [1.165, 1.54) is 31.3 Å². The van der Waals surface area contributed by atoms with Gasteiger partial charge in [0.05, 0.1) is 12.0 Å². The van der Waals surface area contributed by atoms with Crippen molar-refractivity contribution in [2.45, 2.75) is 18.7 Å². The second-order valence-electron chi connectivity index (χ2n) is 6.43. The van der Waals surface area contributed by atoms with E-state index in [2.05, 4.69) is 28.8 Å². The zero-order chi connectivity index (χ0) is 22.1. The van der Waals surface area contributed by atoms with Gasteiger partial charge in [0.2, 0.25) is 10.0 Å². The summed E-state index contributed by atoms with van der Waals surface area (Å²) in [5.41, 5.74) is 0.885. The van der Waals surface area contributed by atoms with E-state index in [-0.39, 0.29) is 10.8 Å². The lowest BCUT2D eigenvalue weighted by Gasteiger charge is -2.19. The predicted octanol–water partition coefficient (Wildman–Crippen LogP) is 2.58. The number of nitrogens with zero attached hydrogens (tertiary/aromatic N) is 1. The summed E-state index contributed by atoms with van der Waals surface area (Å²) in [5, 5.41) is 2.79. The number of benzene rings is 2. The summed E-state index contributed by atoms with van der Waals surface area (Å²) in [4.78, 5) is 14.9. The number of methoxy groups -OCH3 is 1. The van der Waals surface area contributed by atoms with E-state index < -0.39 is 10.0 Å². The molecule has 0 aliphatic carbocycles.